The molecule has 2 aromatic carbocycles. The predicted molar refractivity (Wildman–Crippen MR) is 118 cm³/mol. The van der Waals surface area contributed by atoms with Crippen LogP contribution in [0.5, 0.6) is 0 Å². The highest BCUT2D eigenvalue weighted by atomic mass is 35.5. The molecule has 0 spiro atoms. The Balaban J connectivity index is 1.74. The summed E-state index contributed by atoms with van der Waals surface area (Å²) in [5.41, 5.74) is 7.70. The molecule has 174 valence electrons. The molecule has 0 unspecified atom stereocenters. The monoisotopic (exact) mass is 494 g/mol. The fourth-order valence-corrected chi connectivity index (χ4v) is 6.80. The van der Waals surface area contributed by atoms with Gasteiger partial charge in [0, 0.05) is 29.6 Å². The molecule has 0 radical (unpaired) electrons. The molecule has 0 saturated carbocycles. The third-order valence-electron chi connectivity index (χ3n) is 6.26. The van der Waals surface area contributed by atoms with E-state index in [4.69, 9.17) is 21.8 Å². The van der Waals surface area contributed by atoms with Crippen molar-refractivity contribution in [2.24, 2.45) is 5.73 Å². The summed E-state index contributed by atoms with van der Waals surface area (Å²) in [5, 5.41) is 2.95. The Morgan fingerprint density at radius 1 is 1.33 bits per heavy atom. The summed E-state index contributed by atoms with van der Waals surface area (Å²) in [5.74, 6) is -1.82. The number of aromatic nitrogens is 2. The lowest BCUT2D eigenvalue weighted by molar-refractivity contribution is -0.675. The van der Waals surface area contributed by atoms with Gasteiger partial charge >= 0.3 is 11.6 Å². The number of hydrogen-bond acceptors (Lipinski definition) is 6. The minimum atomic E-state index is -4.06. The van der Waals surface area contributed by atoms with Crippen molar-refractivity contribution in [2.45, 2.75) is 30.7 Å². The van der Waals surface area contributed by atoms with Crippen LogP contribution in [-0.2, 0) is 10.0 Å². The lowest BCUT2D eigenvalue weighted by Crippen LogP contribution is -2.55. The van der Waals surface area contributed by atoms with Gasteiger partial charge in [0.2, 0.25) is 15.7 Å². The molecular weight excluding hydrogens is 473 g/mol. The number of sulfonamides is 1. The Hall–Kier alpha value is -2.73. The standard InChI is InChI=1S/C21H21ClFN5O4S/c1-11-3-5-14(23)17-12(2)19(20-28(18(11)17)25-21(29)32-20)27-10-26(8-7-24)15-9-13(22)4-6-16(15)33(27,30)31/h3-6,9,12,19H,7-8,10,24H2,1-2H3/p+1/t12-,19+/m1/s1. The van der Waals surface area contributed by atoms with E-state index in [0.717, 1.165) is 0 Å². The maximum atomic E-state index is 15.1. The van der Waals surface area contributed by atoms with Crippen molar-refractivity contribution in [3.63, 3.8) is 0 Å². The Labute approximate surface area is 194 Å². The molecule has 3 N–H and O–H groups in total. The molecular formula is C21H22ClFN5O4S+. The number of nitrogens with two attached hydrogens (primary N) is 1. The number of nitrogens with one attached hydrogen (secondary N) is 1. The lowest BCUT2D eigenvalue weighted by Gasteiger charge is -2.41. The average Bonchev–Trinajstić information content (AvgIpc) is 3.14. The highest BCUT2D eigenvalue weighted by Crippen LogP contribution is 2.46. The maximum absolute atomic E-state index is 15.1. The third-order valence-corrected chi connectivity index (χ3v) is 8.36. The summed E-state index contributed by atoms with van der Waals surface area (Å²) in [6.45, 7) is 4.08. The molecule has 2 aliphatic rings. The number of aromatic amines is 1. The highest BCUT2D eigenvalue weighted by molar-refractivity contribution is 7.89. The molecule has 2 atom stereocenters. The maximum Gasteiger partial charge on any atom is 0.470 e. The largest absolute Gasteiger partial charge is 0.470 e. The molecule has 0 amide bonds. The molecule has 12 heteroatoms. The molecule has 33 heavy (non-hydrogen) atoms. The van der Waals surface area contributed by atoms with E-state index in [0.29, 0.717) is 34.1 Å². The summed E-state index contributed by atoms with van der Waals surface area (Å²) < 4.78 is 50.7. The summed E-state index contributed by atoms with van der Waals surface area (Å²) >= 11 is 6.14. The highest BCUT2D eigenvalue weighted by Gasteiger charge is 2.53. The number of benzene rings is 2. The first-order valence-corrected chi connectivity index (χ1v) is 12.2. The van der Waals surface area contributed by atoms with Crippen LogP contribution >= 0.6 is 11.6 Å². The van der Waals surface area contributed by atoms with Gasteiger partial charge in [0.1, 0.15) is 10.7 Å². The van der Waals surface area contributed by atoms with Crippen LogP contribution < -0.4 is 21.1 Å². The van der Waals surface area contributed by atoms with Crippen molar-refractivity contribution in [2.75, 3.05) is 24.7 Å². The van der Waals surface area contributed by atoms with Crippen LogP contribution in [0.15, 0.2) is 44.4 Å². The van der Waals surface area contributed by atoms with Gasteiger partial charge in [0.05, 0.1) is 17.9 Å². The van der Waals surface area contributed by atoms with Crippen molar-refractivity contribution >= 4 is 27.3 Å². The molecule has 0 saturated heterocycles. The molecule has 1 aromatic heterocycles. The van der Waals surface area contributed by atoms with Crippen LogP contribution in [0.2, 0.25) is 5.02 Å². The summed E-state index contributed by atoms with van der Waals surface area (Å²) in [4.78, 5) is 14.1. The Bertz CT molecular complexity index is 1440. The van der Waals surface area contributed by atoms with Crippen LogP contribution in [0, 0.1) is 12.7 Å². The second-order valence-electron chi connectivity index (χ2n) is 8.23. The van der Waals surface area contributed by atoms with E-state index >= 15 is 4.39 Å². The average molecular weight is 495 g/mol. The second-order valence-corrected chi connectivity index (χ2v) is 10.5. The number of hydrogen-bond donors (Lipinski definition) is 2. The van der Waals surface area contributed by atoms with Gasteiger partial charge in [0.15, 0.2) is 6.04 Å². The number of nitrogens with zero attached hydrogens (tertiary/aromatic N) is 3. The van der Waals surface area contributed by atoms with Crippen molar-refractivity contribution in [3.05, 3.63) is 68.7 Å². The first-order chi connectivity index (χ1) is 15.6. The first kappa shape index (κ1) is 22.1. The van der Waals surface area contributed by atoms with Gasteiger partial charge in [-0.15, -0.1) is 0 Å². The quantitative estimate of drug-likeness (QED) is 0.537. The summed E-state index contributed by atoms with van der Waals surface area (Å²) in [7, 11) is -4.06. The van der Waals surface area contributed by atoms with Crippen molar-refractivity contribution in [1.82, 2.24) is 9.40 Å². The Morgan fingerprint density at radius 2 is 2.09 bits per heavy atom. The van der Waals surface area contributed by atoms with Gasteiger partial charge in [-0.1, -0.05) is 23.6 Å². The zero-order chi connectivity index (χ0) is 23.7. The van der Waals surface area contributed by atoms with Gasteiger partial charge < -0.3 is 15.1 Å². The first-order valence-electron chi connectivity index (χ1n) is 10.4. The van der Waals surface area contributed by atoms with Crippen LogP contribution in [-0.4, -0.2) is 37.6 Å². The van der Waals surface area contributed by atoms with E-state index in [2.05, 4.69) is 5.10 Å². The lowest BCUT2D eigenvalue weighted by atomic mass is 9.87. The van der Waals surface area contributed by atoms with Crippen molar-refractivity contribution < 1.29 is 21.9 Å². The zero-order valence-corrected chi connectivity index (χ0v) is 19.5. The molecule has 3 aromatic rings. The molecule has 0 bridgehead atoms. The molecule has 2 aliphatic heterocycles. The van der Waals surface area contributed by atoms with Gasteiger partial charge in [0.25, 0.3) is 0 Å². The van der Waals surface area contributed by atoms with E-state index < -0.39 is 33.6 Å². The van der Waals surface area contributed by atoms with Gasteiger partial charge in [-0.05, 0) is 41.9 Å². The molecule has 0 fully saturated rings. The minimum Gasteiger partial charge on any atom is -0.355 e. The van der Waals surface area contributed by atoms with Gasteiger partial charge in [-0.2, -0.15) is 4.31 Å². The summed E-state index contributed by atoms with van der Waals surface area (Å²) in [6.07, 6.45) is 0. The van der Waals surface area contributed by atoms with E-state index in [1.165, 1.54) is 27.2 Å². The zero-order valence-electron chi connectivity index (χ0n) is 17.9. The fourth-order valence-electron chi connectivity index (χ4n) is 4.82. The van der Waals surface area contributed by atoms with E-state index in [-0.39, 0.29) is 24.0 Å². The van der Waals surface area contributed by atoms with E-state index in [1.54, 1.807) is 30.9 Å². The van der Waals surface area contributed by atoms with Crippen LogP contribution in [0.25, 0.3) is 5.69 Å². The Kier molecular flexibility index (Phi) is 5.12. The van der Waals surface area contributed by atoms with Crippen molar-refractivity contribution in [1.29, 1.82) is 0 Å². The van der Waals surface area contributed by atoms with Crippen molar-refractivity contribution in [3.8, 4) is 5.69 Å². The van der Waals surface area contributed by atoms with E-state index in [9.17, 15) is 13.2 Å². The number of H-pyrrole nitrogens is 1. The second kappa shape index (κ2) is 7.66. The van der Waals surface area contributed by atoms with Crippen LogP contribution in [0.4, 0.5) is 10.1 Å². The number of rotatable bonds is 3. The number of halogens is 2. The predicted octanol–water partition coefficient (Wildman–Crippen LogP) is 1.93. The SMILES string of the molecule is Cc1ccc(F)c2c1-[n+]1[nH]c(=O)oc1[C@@H](N1CN(CCN)c3cc(Cl)ccc3S1(=O)=O)[C@@H]2C. The Morgan fingerprint density at radius 3 is 2.82 bits per heavy atom. The van der Waals surface area contributed by atoms with Crippen LogP contribution in [0.3, 0.4) is 0 Å². The van der Waals surface area contributed by atoms with Gasteiger partial charge in [-0.3, -0.25) is 0 Å². The van der Waals surface area contributed by atoms with Gasteiger partial charge in [-0.25, -0.2) is 17.6 Å². The molecule has 9 nitrogen and oxygen atoms in total. The normalized spacial score (nSPS) is 21.4. The number of fused-ring (bicyclic) bond motifs is 4. The fraction of sp³-hybridized carbons (Fsp3) is 0.333. The number of anilines is 1. The molecule has 0 aliphatic carbocycles. The molecule has 5 rings (SSSR count). The third kappa shape index (κ3) is 3.22. The smallest absolute Gasteiger partial charge is 0.355 e. The topological polar surface area (TPSA) is 117 Å². The summed E-state index contributed by atoms with van der Waals surface area (Å²) in [6, 6.07) is 6.48. The van der Waals surface area contributed by atoms with Crippen LogP contribution in [0.1, 0.15) is 35.9 Å². The number of aryl methyl sites for hydroxylation is 1. The molecule has 3 heterocycles. The van der Waals surface area contributed by atoms with E-state index in [1.807, 2.05) is 0 Å². The minimum absolute atomic E-state index is 0.0544.